The summed E-state index contributed by atoms with van der Waals surface area (Å²) in [6.07, 6.45) is 2.60. The van der Waals surface area contributed by atoms with E-state index in [-0.39, 0.29) is 5.91 Å². The van der Waals surface area contributed by atoms with E-state index in [1.54, 1.807) is 6.07 Å². The highest BCUT2D eigenvalue weighted by atomic mass is 35.5. The van der Waals surface area contributed by atoms with Crippen LogP contribution >= 0.6 is 11.6 Å². The lowest BCUT2D eigenvalue weighted by Gasteiger charge is -2.35. The Kier molecular flexibility index (Phi) is 3.76. The minimum absolute atomic E-state index is 0.0461. The lowest BCUT2D eigenvalue weighted by molar-refractivity contribution is 0.0624. The maximum atomic E-state index is 12.4. The number of nitrogens with zero attached hydrogens (tertiary/aromatic N) is 2. The van der Waals surface area contributed by atoms with Crippen molar-refractivity contribution in [2.45, 2.75) is 20.3 Å². The van der Waals surface area contributed by atoms with Crippen LogP contribution in [0.2, 0.25) is 5.15 Å². The Morgan fingerprint density at radius 1 is 1.44 bits per heavy atom. The summed E-state index contributed by atoms with van der Waals surface area (Å²) < 4.78 is 0. The molecule has 1 saturated heterocycles. The van der Waals surface area contributed by atoms with Gasteiger partial charge >= 0.3 is 0 Å². The highest BCUT2D eigenvalue weighted by Crippen LogP contribution is 2.24. The number of aromatic nitrogens is 1. The van der Waals surface area contributed by atoms with Gasteiger partial charge in [0.1, 0.15) is 5.15 Å². The summed E-state index contributed by atoms with van der Waals surface area (Å²) in [7, 11) is 0. The molecule has 0 aromatic carbocycles. The summed E-state index contributed by atoms with van der Waals surface area (Å²) in [5.74, 6) is 1.00. The second-order valence-corrected chi connectivity index (χ2v) is 5.64. The van der Waals surface area contributed by atoms with Crippen LogP contribution in [-0.4, -0.2) is 28.9 Å². The maximum absolute atomic E-state index is 12.4. The van der Waals surface area contributed by atoms with Gasteiger partial charge < -0.3 is 10.6 Å². The quantitative estimate of drug-likeness (QED) is 0.795. The van der Waals surface area contributed by atoms with E-state index >= 15 is 0 Å². The SMILES string of the molecule is CC1CC(C)CN(C(=O)c2cc(Cl)ncc2N)C1. The van der Waals surface area contributed by atoms with Gasteiger partial charge in [0, 0.05) is 13.1 Å². The molecule has 2 unspecified atom stereocenters. The molecule has 1 aliphatic heterocycles. The summed E-state index contributed by atoms with van der Waals surface area (Å²) >= 11 is 5.82. The Morgan fingerprint density at radius 2 is 2.06 bits per heavy atom. The third-order valence-corrected chi connectivity index (χ3v) is 3.49. The Bertz CT molecular complexity index is 454. The third kappa shape index (κ3) is 2.75. The average Bonchev–Trinajstić information content (AvgIpc) is 2.30. The molecule has 2 atom stereocenters. The number of carbonyl (C=O) groups is 1. The molecule has 1 aromatic heterocycles. The van der Waals surface area contributed by atoms with Crippen LogP contribution in [0.4, 0.5) is 5.69 Å². The molecular formula is C13H18ClN3O. The summed E-state index contributed by atoms with van der Waals surface area (Å²) in [5, 5.41) is 0.297. The molecule has 1 fully saturated rings. The number of pyridine rings is 1. The second kappa shape index (κ2) is 5.14. The fourth-order valence-electron chi connectivity index (χ4n) is 2.62. The zero-order valence-corrected chi connectivity index (χ0v) is 11.4. The first-order valence-corrected chi connectivity index (χ1v) is 6.55. The fourth-order valence-corrected chi connectivity index (χ4v) is 2.78. The number of hydrogen-bond donors (Lipinski definition) is 1. The smallest absolute Gasteiger partial charge is 0.256 e. The predicted molar refractivity (Wildman–Crippen MR) is 72.5 cm³/mol. The molecule has 2 N–H and O–H groups in total. The van der Waals surface area contributed by atoms with Crippen LogP contribution in [0.1, 0.15) is 30.6 Å². The minimum atomic E-state index is -0.0461. The van der Waals surface area contributed by atoms with E-state index in [1.807, 2.05) is 4.90 Å². The summed E-state index contributed by atoms with van der Waals surface area (Å²) in [6.45, 7) is 5.89. The van der Waals surface area contributed by atoms with Crippen molar-refractivity contribution in [3.63, 3.8) is 0 Å². The van der Waals surface area contributed by atoms with Gasteiger partial charge in [0.05, 0.1) is 17.4 Å². The van der Waals surface area contributed by atoms with Crippen molar-refractivity contribution in [1.82, 2.24) is 9.88 Å². The molecule has 1 aliphatic rings. The van der Waals surface area contributed by atoms with Crippen LogP contribution < -0.4 is 5.73 Å². The molecule has 2 rings (SSSR count). The minimum Gasteiger partial charge on any atom is -0.397 e. The van der Waals surface area contributed by atoms with Crippen LogP contribution in [0.5, 0.6) is 0 Å². The summed E-state index contributed by atoms with van der Waals surface area (Å²) in [4.78, 5) is 18.2. The number of nitrogens with two attached hydrogens (primary N) is 1. The number of anilines is 1. The zero-order chi connectivity index (χ0) is 13.3. The molecule has 18 heavy (non-hydrogen) atoms. The van der Waals surface area contributed by atoms with Gasteiger partial charge in [-0.15, -0.1) is 0 Å². The van der Waals surface area contributed by atoms with Crippen LogP contribution in [0.25, 0.3) is 0 Å². The summed E-state index contributed by atoms with van der Waals surface area (Å²) in [6, 6.07) is 1.54. The van der Waals surface area contributed by atoms with E-state index in [4.69, 9.17) is 17.3 Å². The Balaban J connectivity index is 2.22. The lowest BCUT2D eigenvalue weighted by Crippen LogP contribution is -2.42. The van der Waals surface area contributed by atoms with Crippen molar-refractivity contribution >= 4 is 23.2 Å². The molecule has 98 valence electrons. The molecule has 0 aliphatic carbocycles. The van der Waals surface area contributed by atoms with Gasteiger partial charge in [-0.2, -0.15) is 0 Å². The Morgan fingerprint density at radius 3 is 2.67 bits per heavy atom. The number of piperidine rings is 1. The van der Waals surface area contributed by atoms with E-state index in [0.717, 1.165) is 19.5 Å². The predicted octanol–water partition coefficient (Wildman–Crippen LogP) is 2.44. The van der Waals surface area contributed by atoms with Crippen molar-refractivity contribution in [3.05, 3.63) is 23.0 Å². The van der Waals surface area contributed by atoms with Gasteiger partial charge in [-0.25, -0.2) is 4.98 Å². The van der Waals surface area contributed by atoms with Crippen molar-refractivity contribution < 1.29 is 4.79 Å². The number of likely N-dealkylation sites (tertiary alicyclic amines) is 1. The number of carbonyl (C=O) groups excluding carboxylic acids is 1. The Labute approximate surface area is 112 Å². The van der Waals surface area contributed by atoms with Gasteiger partial charge in [-0.3, -0.25) is 4.79 Å². The molecule has 0 radical (unpaired) electrons. The van der Waals surface area contributed by atoms with Gasteiger partial charge in [-0.1, -0.05) is 25.4 Å². The third-order valence-electron chi connectivity index (χ3n) is 3.29. The van der Waals surface area contributed by atoms with Crippen LogP contribution in [0, 0.1) is 11.8 Å². The molecule has 4 nitrogen and oxygen atoms in total. The molecule has 1 amide bonds. The first-order chi connectivity index (χ1) is 8.47. The van der Waals surface area contributed by atoms with Crippen molar-refractivity contribution in [1.29, 1.82) is 0 Å². The summed E-state index contributed by atoms with van der Waals surface area (Å²) in [5.41, 5.74) is 6.64. The number of nitrogen functional groups attached to an aromatic ring is 1. The van der Waals surface area contributed by atoms with E-state index in [9.17, 15) is 4.79 Å². The van der Waals surface area contributed by atoms with Crippen molar-refractivity contribution in [2.75, 3.05) is 18.8 Å². The molecule has 2 heterocycles. The molecule has 5 heteroatoms. The van der Waals surface area contributed by atoms with Crippen LogP contribution in [-0.2, 0) is 0 Å². The zero-order valence-electron chi connectivity index (χ0n) is 10.7. The van der Waals surface area contributed by atoms with Gasteiger partial charge in [0.15, 0.2) is 0 Å². The van der Waals surface area contributed by atoms with E-state index < -0.39 is 0 Å². The topological polar surface area (TPSA) is 59.2 Å². The number of halogens is 1. The molecule has 1 aromatic rings. The Hall–Kier alpha value is -1.29. The molecule has 0 bridgehead atoms. The van der Waals surface area contributed by atoms with Crippen LogP contribution in [0.3, 0.4) is 0 Å². The van der Waals surface area contributed by atoms with E-state index in [1.165, 1.54) is 6.20 Å². The van der Waals surface area contributed by atoms with Gasteiger partial charge in [0.25, 0.3) is 5.91 Å². The van der Waals surface area contributed by atoms with Gasteiger partial charge in [0.2, 0.25) is 0 Å². The number of hydrogen-bond acceptors (Lipinski definition) is 3. The lowest BCUT2D eigenvalue weighted by atomic mass is 9.91. The van der Waals surface area contributed by atoms with E-state index in [2.05, 4.69) is 18.8 Å². The normalized spacial score (nSPS) is 24.1. The number of amides is 1. The number of rotatable bonds is 1. The fraction of sp³-hybridized carbons (Fsp3) is 0.538. The maximum Gasteiger partial charge on any atom is 0.256 e. The average molecular weight is 268 g/mol. The highest BCUT2D eigenvalue weighted by Gasteiger charge is 2.27. The van der Waals surface area contributed by atoms with Crippen molar-refractivity contribution in [2.24, 2.45) is 11.8 Å². The highest BCUT2D eigenvalue weighted by molar-refractivity contribution is 6.29. The van der Waals surface area contributed by atoms with Crippen molar-refractivity contribution in [3.8, 4) is 0 Å². The van der Waals surface area contributed by atoms with Crippen LogP contribution in [0.15, 0.2) is 12.3 Å². The molecule has 0 saturated carbocycles. The largest absolute Gasteiger partial charge is 0.397 e. The second-order valence-electron chi connectivity index (χ2n) is 5.25. The first kappa shape index (κ1) is 13.1. The monoisotopic (exact) mass is 267 g/mol. The van der Waals surface area contributed by atoms with Gasteiger partial charge in [-0.05, 0) is 24.3 Å². The standard InChI is InChI=1S/C13H18ClN3O/c1-8-3-9(2)7-17(6-8)13(18)10-4-12(14)16-5-11(10)15/h4-5,8-9H,3,6-7,15H2,1-2H3. The first-order valence-electron chi connectivity index (χ1n) is 6.17. The molecular weight excluding hydrogens is 250 g/mol. The van der Waals surface area contributed by atoms with E-state index in [0.29, 0.717) is 28.2 Å². The molecule has 0 spiro atoms.